The SMILES string of the molecule is Cc1cnc(CNC(=O)C(N)CC(N)=O)cn1. The van der Waals surface area contributed by atoms with Crippen molar-refractivity contribution in [3.8, 4) is 0 Å². The Bertz CT molecular complexity index is 404. The molecule has 0 bridgehead atoms. The molecule has 7 heteroatoms. The maximum Gasteiger partial charge on any atom is 0.237 e. The molecule has 92 valence electrons. The fraction of sp³-hybridized carbons (Fsp3) is 0.400. The van der Waals surface area contributed by atoms with E-state index in [1.807, 2.05) is 6.92 Å². The van der Waals surface area contributed by atoms with Crippen molar-refractivity contribution in [2.45, 2.75) is 25.9 Å². The van der Waals surface area contributed by atoms with Gasteiger partial charge in [-0.1, -0.05) is 0 Å². The summed E-state index contributed by atoms with van der Waals surface area (Å²) in [6.45, 7) is 2.04. The largest absolute Gasteiger partial charge is 0.370 e. The summed E-state index contributed by atoms with van der Waals surface area (Å²) in [6.07, 6.45) is 2.99. The first-order valence-corrected chi connectivity index (χ1v) is 5.08. The zero-order valence-electron chi connectivity index (χ0n) is 9.51. The van der Waals surface area contributed by atoms with Crippen molar-refractivity contribution in [3.05, 3.63) is 23.8 Å². The fourth-order valence-electron chi connectivity index (χ4n) is 1.13. The zero-order chi connectivity index (χ0) is 12.8. The monoisotopic (exact) mass is 237 g/mol. The van der Waals surface area contributed by atoms with Crippen LogP contribution in [0.2, 0.25) is 0 Å². The van der Waals surface area contributed by atoms with Crippen molar-refractivity contribution in [1.82, 2.24) is 15.3 Å². The molecule has 1 unspecified atom stereocenters. The number of aryl methyl sites for hydroxylation is 1. The standard InChI is InChI=1S/C10H15N5O2/c1-6-3-14-7(4-13-6)5-15-10(17)8(11)2-9(12)16/h3-4,8H,2,5,11H2,1H3,(H2,12,16)(H,15,17). The van der Waals surface area contributed by atoms with E-state index in [-0.39, 0.29) is 13.0 Å². The molecule has 1 heterocycles. The molecule has 2 amide bonds. The maximum absolute atomic E-state index is 11.4. The van der Waals surface area contributed by atoms with E-state index in [0.717, 1.165) is 5.69 Å². The van der Waals surface area contributed by atoms with Crippen LogP contribution in [0.5, 0.6) is 0 Å². The highest BCUT2D eigenvalue weighted by Crippen LogP contribution is 1.94. The first kappa shape index (κ1) is 13.0. The summed E-state index contributed by atoms with van der Waals surface area (Å²) in [6, 6.07) is -0.925. The average Bonchev–Trinajstić information content (AvgIpc) is 2.27. The van der Waals surface area contributed by atoms with E-state index < -0.39 is 17.9 Å². The Morgan fingerprint density at radius 2 is 2.12 bits per heavy atom. The van der Waals surface area contributed by atoms with Crippen LogP contribution in [0.4, 0.5) is 0 Å². The molecule has 5 N–H and O–H groups in total. The molecule has 0 saturated carbocycles. The Hall–Kier alpha value is -2.02. The Balaban J connectivity index is 2.42. The maximum atomic E-state index is 11.4. The predicted octanol–water partition coefficient (Wildman–Crippen LogP) is -1.40. The summed E-state index contributed by atoms with van der Waals surface area (Å²) in [5.41, 5.74) is 11.8. The Morgan fingerprint density at radius 3 is 2.65 bits per heavy atom. The summed E-state index contributed by atoms with van der Waals surface area (Å²) >= 11 is 0. The second-order valence-electron chi connectivity index (χ2n) is 3.64. The Kier molecular flexibility index (Phi) is 4.53. The lowest BCUT2D eigenvalue weighted by Gasteiger charge is -2.09. The smallest absolute Gasteiger partial charge is 0.237 e. The van der Waals surface area contributed by atoms with Gasteiger partial charge in [0.2, 0.25) is 11.8 Å². The van der Waals surface area contributed by atoms with Gasteiger partial charge < -0.3 is 16.8 Å². The second-order valence-corrected chi connectivity index (χ2v) is 3.64. The van der Waals surface area contributed by atoms with Crippen molar-refractivity contribution >= 4 is 11.8 Å². The number of nitrogens with zero attached hydrogens (tertiary/aromatic N) is 2. The van der Waals surface area contributed by atoms with Gasteiger partial charge in [0.25, 0.3) is 0 Å². The van der Waals surface area contributed by atoms with Gasteiger partial charge in [-0.05, 0) is 6.92 Å². The van der Waals surface area contributed by atoms with Crippen LogP contribution in [0.3, 0.4) is 0 Å². The van der Waals surface area contributed by atoms with Gasteiger partial charge in [-0.15, -0.1) is 0 Å². The van der Waals surface area contributed by atoms with Crippen LogP contribution in [-0.4, -0.2) is 27.8 Å². The van der Waals surface area contributed by atoms with Crippen LogP contribution in [0.15, 0.2) is 12.4 Å². The van der Waals surface area contributed by atoms with Gasteiger partial charge in [0.05, 0.1) is 36.6 Å². The van der Waals surface area contributed by atoms with Crippen molar-refractivity contribution in [3.63, 3.8) is 0 Å². The number of nitrogens with two attached hydrogens (primary N) is 2. The first-order chi connectivity index (χ1) is 7.99. The second kappa shape index (κ2) is 5.90. The minimum absolute atomic E-state index is 0.175. The molecule has 1 rings (SSSR count). The van der Waals surface area contributed by atoms with E-state index in [1.165, 1.54) is 0 Å². The van der Waals surface area contributed by atoms with Crippen molar-refractivity contribution in [2.24, 2.45) is 11.5 Å². The number of amides is 2. The number of hydrogen-bond donors (Lipinski definition) is 3. The predicted molar refractivity (Wildman–Crippen MR) is 60.4 cm³/mol. The number of carbonyl (C=O) groups excluding carboxylic acids is 2. The van der Waals surface area contributed by atoms with E-state index in [1.54, 1.807) is 12.4 Å². The molecule has 1 aromatic heterocycles. The topological polar surface area (TPSA) is 124 Å². The average molecular weight is 237 g/mol. The number of hydrogen-bond acceptors (Lipinski definition) is 5. The lowest BCUT2D eigenvalue weighted by Crippen LogP contribution is -2.42. The van der Waals surface area contributed by atoms with Gasteiger partial charge in [0.15, 0.2) is 0 Å². The van der Waals surface area contributed by atoms with Gasteiger partial charge in [-0.2, -0.15) is 0 Å². The first-order valence-electron chi connectivity index (χ1n) is 5.08. The van der Waals surface area contributed by atoms with E-state index in [9.17, 15) is 9.59 Å². The molecular weight excluding hydrogens is 222 g/mol. The molecule has 17 heavy (non-hydrogen) atoms. The van der Waals surface area contributed by atoms with Gasteiger partial charge in [-0.3, -0.25) is 19.6 Å². The molecule has 7 nitrogen and oxygen atoms in total. The molecule has 0 aromatic carbocycles. The molecule has 0 spiro atoms. The van der Waals surface area contributed by atoms with Gasteiger partial charge in [-0.25, -0.2) is 0 Å². The summed E-state index contributed by atoms with van der Waals surface area (Å²) in [7, 11) is 0. The van der Waals surface area contributed by atoms with E-state index in [4.69, 9.17) is 11.5 Å². The van der Waals surface area contributed by atoms with Gasteiger partial charge in [0, 0.05) is 6.20 Å². The Labute approximate surface area is 98.6 Å². The molecule has 1 atom stereocenters. The number of nitrogens with one attached hydrogen (secondary N) is 1. The van der Waals surface area contributed by atoms with Crippen LogP contribution in [0, 0.1) is 6.92 Å². The van der Waals surface area contributed by atoms with Crippen LogP contribution in [0.1, 0.15) is 17.8 Å². The summed E-state index contributed by atoms with van der Waals surface area (Å²) in [4.78, 5) is 30.1. The summed E-state index contributed by atoms with van der Waals surface area (Å²) < 4.78 is 0. The molecular formula is C10H15N5O2. The van der Waals surface area contributed by atoms with Crippen molar-refractivity contribution < 1.29 is 9.59 Å². The fourth-order valence-corrected chi connectivity index (χ4v) is 1.13. The quantitative estimate of drug-likeness (QED) is 0.581. The molecule has 0 saturated heterocycles. The highest BCUT2D eigenvalue weighted by atomic mass is 16.2. The van der Waals surface area contributed by atoms with Crippen molar-refractivity contribution in [2.75, 3.05) is 0 Å². The molecule has 1 aromatic rings. The van der Waals surface area contributed by atoms with Gasteiger partial charge in [0.1, 0.15) is 0 Å². The summed E-state index contributed by atoms with van der Waals surface area (Å²) in [5.74, 6) is -1.05. The number of aromatic nitrogens is 2. The van der Waals surface area contributed by atoms with Crippen LogP contribution in [0.25, 0.3) is 0 Å². The third-order valence-electron chi connectivity index (χ3n) is 2.04. The number of rotatable bonds is 5. The number of carbonyl (C=O) groups is 2. The molecule has 0 aliphatic carbocycles. The Morgan fingerprint density at radius 1 is 1.41 bits per heavy atom. The highest BCUT2D eigenvalue weighted by Gasteiger charge is 2.15. The normalized spacial score (nSPS) is 11.9. The van der Waals surface area contributed by atoms with E-state index >= 15 is 0 Å². The lowest BCUT2D eigenvalue weighted by molar-refractivity contribution is -0.126. The highest BCUT2D eigenvalue weighted by molar-refractivity contribution is 5.87. The lowest BCUT2D eigenvalue weighted by atomic mass is 10.2. The van der Waals surface area contributed by atoms with Crippen molar-refractivity contribution in [1.29, 1.82) is 0 Å². The minimum Gasteiger partial charge on any atom is -0.370 e. The van der Waals surface area contributed by atoms with Crippen LogP contribution in [-0.2, 0) is 16.1 Å². The molecule has 0 aliphatic heterocycles. The molecule has 0 radical (unpaired) electrons. The zero-order valence-corrected chi connectivity index (χ0v) is 9.51. The molecule has 0 fully saturated rings. The molecule has 0 aliphatic rings. The van der Waals surface area contributed by atoms with Gasteiger partial charge >= 0.3 is 0 Å². The minimum atomic E-state index is -0.925. The van der Waals surface area contributed by atoms with E-state index in [2.05, 4.69) is 15.3 Å². The third-order valence-corrected chi connectivity index (χ3v) is 2.04. The van der Waals surface area contributed by atoms with Crippen LogP contribution < -0.4 is 16.8 Å². The van der Waals surface area contributed by atoms with Crippen LogP contribution >= 0.6 is 0 Å². The van der Waals surface area contributed by atoms with E-state index in [0.29, 0.717) is 5.69 Å². The summed E-state index contributed by atoms with van der Waals surface area (Å²) in [5, 5.41) is 2.55. The third kappa shape index (κ3) is 4.56. The number of primary amides is 1.